The van der Waals surface area contributed by atoms with Gasteiger partial charge in [0.1, 0.15) is 5.82 Å². The van der Waals surface area contributed by atoms with E-state index in [4.69, 9.17) is 0 Å². The molecule has 0 aromatic heterocycles. The summed E-state index contributed by atoms with van der Waals surface area (Å²) < 4.78 is 13.6. The van der Waals surface area contributed by atoms with Crippen molar-refractivity contribution in [1.82, 2.24) is 5.32 Å². The summed E-state index contributed by atoms with van der Waals surface area (Å²) in [7, 11) is 0. The number of halogens is 2. The zero-order valence-corrected chi connectivity index (χ0v) is 9.90. The standard InChI is InChI=1S/C11H11BrFNO/c1-7-3-4-9(13)5-10(7)11(15)14-6-8(2)12/h3-5H,2,6H2,1H3,(H,14,15). The Morgan fingerprint density at radius 2 is 2.27 bits per heavy atom. The van der Waals surface area contributed by atoms with Crippen molar-refractivity contribution in [3.63, 3.8) is 0 Å². The molecule has 0 saturated carbocycles. The summed E-state index contributed by atoms with van der Waals surface area (Å²) in [5.41, 5.74) is 1.10. The molecule has 2 nitrogen and oxygen atoms in total. The van der Waals surface area contributed by atoms with Crippen LogP contribution in [0.1, 0.15) is 15.9 Å². The third-order valence-electron chi connectivity index (χ3n) is 1.89. The molecule has 80 valence electrons. The molecule has 1 N–H and O–H groups in total. The fraction of sp³-hybridized carbons (Fsp3) is 0.182. The minimum Gasteiger partial charge on any atom is -0.347 e. The molecule has 0 aliphatic heterocycles. The average Bonchev–Trinajstić information content (AvgIpc) is 2.18. The number of rotatable bonds is 3. The van der Waals surface area contributed by atoms with Crippen molar-refractivity contribution in [2.75, 3.05) is 6.54 Å². The molecule has 0 saturated heterocycles. The van der Waals surface area contributed by atoms with Crippen LogP contribution in [0.25, 0.3) is 0 Å². The summed E-state index contributed by atoms with van der Waals surface area (Å²) in [5.74, 6) is -0.712. The first-order chi connectivity index (χ1) is 7.00. The van der Waals surface area contributed by atoms with E-state index in [1.807, 2.05) is 0 Å². The number of aryl methyl sites for hydroxylation is 1. The molecule has 0 heterocycles. The Morgan fingerprint density at radius 1 is 1.60 bits per heavy atom. The smallest absolute Gasteiger partial charge is 0.251 e. The Morgan fingerprint density at radius 3 is 2.87 bits per heavy atom. The van der Waals surface area contributed by atoms with E-state index in [-0.39, 0.29) is 5.91 Å². The fourth-order valence-electron chi connectivity index (χ4n) is 1.11. The summed E-state index contributed by atoms with van der Waals surface area (Å²) in [6.07, 6.45) is 0. The number of carbonyl (C=O) groups excluding carboxylic acids is 1. The molecule has 0 fully saturated rings. The second-order valence-electron chi connectivity index (χ2n) is 3.16. The predicted octanol–water partition coefficient (Wildman–Crippen LogP) is 2.77. The summed E-state index contributed by atoms with van der Waals surface area (Å²) >= 11 is 3.13. The van der Waals surface area contributed by atoms with Crippen LogP contribution in [-0.2, 0) is 0 Å². The number of nitrogens with one attached hydrogen (secondary N) is 1. The van der Waals surface area contributed by atoms with Crippen LogP contribution in [0.2, 0.25) is 0 Å². The van der Waals surface area contributed by atoms with Crippen LogP contribution in [0.3, 0.4) is 0 Å². The first-order valence-corrected chi connectivity index (χ1v) is 5.17. The summed E-state index contributed by atoms with van der Waals surface area (Å²) in [6, 6.07) is 4.13. The quantitative estimate of drug-likeness (QED) is 0.900. The zero-order chi connectivity index (χ0) is 11.4. The molecular formula is C11H11BrFNO. The van der Waals surface area contributed by atoms with Crippen LogP contribution in [0, 0.1) is 12.7 Å². The van der Waals surface area contributed by atoms with Gasteiger partial charge >= 0.3 is 0 Å². The van der Waals surface area contributed by atoms with Crippen LogP contribution in [0.4, 0.5) is 4.39 Å². The van der Waals surface area contributed by atoms with Gasteiger partial charge in [-0.2, -0.15) is 0 Å². The topological polar surface area (TPSA) is 29.1 Å². The number of hydrogen-bond acceptors (Lipinski definition) is 1. The van der Waals surface area contributed by atoms with E-state index in [9.17, 15) is 9.18 Å². The second kappa shape index (κ2) is 5.07. The zero-order valence-electron chi connectivity index (χ0n) is 8.31. The molecule has 0 spiro atoms. The molecule has 0 aliphatic rings. The number of hydrogen-bond donors (Lipinski definition) is 1. The molecule has 1 aromatic rings. The predicted molar refractivity (Wildman–Crippen MR) is 61.5 cm³/mol. The van der Waals surface area contributed by atoms with Crippen molar-refractivity contribution in [2.24, 2.45) is 0 Å². The van der Waals surface area contributed by atoms with Crippen molar-refractivity contribution in [3.8, 4) is 0 Å². The lowest BCUT2D eigenvalue weighted by Gasteiger charge is -2.06. The molecule has 1 aromatic carbocycles. The molecular weight excluding hydrogens is 261 g/mol. The summed E-state index contributed by atoms with van der Waals surface area (Å²) in [6.45, 7) is 5.68. The van der Waals surface area contributed by atoms with E-state index in [0.29, 0.717) is 16.6 Å². The SMILES string of the molecule is C=C(Br)CNC(=O)c1cc(F)ccc1C. The Balaban J connectivity index is 2.81. The summed E-state index contributed by atoms with van der Waals surface area (Å²) in [4.78, 5) is 11.6. The maximum absolute atomic E-state index is 12.9. The van der Waals surface area contributed by atoms with Crippen LogP contribution in [0.15, 0.2) is 29.3 Å². The first-order valence-electron chi connectivity index (χ1n) is 4.38. The second-order valence-corrected chi connectivity index (χ2v) is 4.28. The van der Waals surface area contributed by atoms with Gasteiger partial charge in [0.2, 0.25) is 0 Å². The van der Waals surface area contributed by atoms with Crippen LogP contribution >= 0.6 is 15.9 Å². The number of carbonyl (C=O) groups is 1. The molecule has 15 heavy (non-hydrogen) atoms. The number of benzene rings is 1. The Labute approximate surface area is 96.3 Å². The lowest BCUT2D eigenvalue weighted by molar-refractivity contribution is 0.0956. The monoisotopic (exact) mass is 271 g/mol. The molecule has 0 unspecified atom stereocenters. The van der Waals surface area contributed by atoms with E-state index in [2.05, 4.69) is 27.8 Å². The average molecular weight is 272 g/mol. The summed E-state index contributed by atoms with van der Waals surface area (Å²) in [5, 5.41) is 2.61. The lowest BCUT2D eigenvalue weighted by Crippen LogP contribution is -2.25. The van der Waals surface area contributed by atoms with E-state index in [0.717, 1.165) is 5.56 Å². The Bertz CT molecular complexity index is 404. The fourth-order valence-corrected chi connectivity index (χ4v) is 1.25. The van der Waals surface area contributed by atoms with E-state index in [1.165, 1.54) is 12.1 Å². The van der Waals surface area contributed by atoms with Gasteiger partial charge in [0.05, 0.1) is 0 Å². The first kappa shape index (κ1) is 11.9. The van der Waals surface area contributed by atoms with Crippen molar-refractivity contribution in [1.29, 1.82) is 0 Å². The Kier molecular flexibility index (Phi) is 4.03. The molecule has 1 rings (SSSR count). The minimum absolute atomic E-state index is 0.299. The highest BCUT2D eigenvalue weighted by Crippen LogP contribution is 2.10. The van der Waals surface area contributed by atoms with Gasteiger partial charge in [-0.05, 0) is 24.6 Å². The highest BCUT2D eigenvalue weighted by molar-refractivity contribution is 9.11. The van der Waals surface area contributed by atoms with Gasteiger partial charge in [0, 0.05) is 16.6 Å². The third-order valence-corrected chi connectivity index (χ3v) is 2.17. The molecule has 1 amide bonds. The van der Waals surface area contributed by atoms with Crippen molar-refractivity contribution >= 4 is 21.8 Å². The normalized spacial score (nSPS) is 9.80. The lowest BCUT2D eigenvalue weighted by atomic mass is 10.1. The molecule has 0 bridgehead atoms. The third kappa shape index (κ3) is 3.47. The van der Waals surface area contributed by atoms with Gasteiger partial charge in [0.15, 0.2) is 0 Å². The maximum Gasteiger partial charge on any atom is 0.251 e. The van der Waals surface area contributed by atoms with Crippen LogP contribution in [0.5, 0.6) is 0 Å². The van der Waals surface area contributed by atoms with Gasteiger partial charge in [-0.25, -0.2) is 4.39 Å². The van der Waals surface area contributed by atoms with Gasteiger partial charge in [-0.3, -0.25) is 4.79 Å². The molecule has 0 aliphatic carbocycles. The van der Waals surface area contributed by atoms with Crippen LogP contribution < -0.4 is 5.32 Å². The van der Waals surface area contributed by atoms with Crippen LogP contribution in [-0.4, -0.2) is 12.5 Å². The van der Waals surface area contributed by atoms with Gasteiger partial charge < -0.3 is 5.32 Å². The highest BCUT2D eigenvalue weighted by Gasteiger charge is 2.09. The maximum atomic E-state index is 12.9. The molecule has 0 atom stereocenters. The van der Waals surface area contributed by atoms with Gasteiger partial charge in [0.25, 0.3) is 5.91 Å². The van der Waals surface area contributed by atoms with E-state index >= 15 is 0 Å². The van der Waals surface area contributed by atoms with E-state index in [1.54, 1.807) is 13.0 Å². The highest BCUT2D eigenvalue weighted by atomic mass is 79.9. The molecule has 4 heteroatoms. The van der Waals surface area contributed by atoms with Crippen molar-refractivity contribution in [2.45, 2.75) is 6.92 Å². The number of amides is 1. The largest absolute Gasteiger partial charge is 0.347 e. The molecule has 0 radical (unpaired) electrons. The van der Waals surface area contributed by atoms with E-state index < -0.39 is 5.82 Å². The van der Waals surface area contributed by atoms with Gasteiger partial charge in [-0.15, -0.1) is 0 Å². The van der Waals surface area contributed by atoms with Crippen molar-refractivity contribution in [3.05, 3.63) is 46.2 Å². The van der Waals surface area contributed by atoms with Crippen molar-refractivity contribution < 1.29 is 9.18 Å². The minimum atomic E-state index is -0.414. The Hall–Kier alpha value is -1.16. The van der Waals surface area contributed by atoms with Gasteiger partial charge in [-0.1, -0.05) is 28.6 Å².